The Balaban J connectivity index is 1.79. The van der Waals surface area contributed by atoms with E-state index >= 15 is 0 Å². The molecule has 8 nitrogen and oxygen atoms in total. The molecule has 1 aromatic carbocycles. The van der Waals surface area contributed by atoms with Gasteiger partial charge in [0.25, 0.3) is 11.5 Å². The number of anilines is 1. The maximum atomic E-state index is 12.6. The maximum absolute atomic E-state index is 12.6. The number of para-hydroxylation sites is 1. The summed E-state index contributed by atoms with van der Waals surface area (Å²) in [6, 6.07) is 6.57. The molecule has 0 spiro atoms. The minimum absolute atomic E-state index is 0.195. The molecular weight excluding hydrogens is 394 g/mol. The molecule has 0 saturated carbocycles. The van der Waals surface area contributed by atoms with Crippen LogP contribution in [0.1, 0.15) is 45.3 Å². The van der Waals surface area contributed by atoms with Gasteiger partial charge in [-0.1, -0.05) is 12.1 Å². The molecule has 9 heteroatoms. The van der Waals surface area contributed by atoms with E-state index < -0.39 is 18.0 Å². The summed E-state index contributed by atoms with van der Waals surface area (Å²) in [4.78, 5) is 56.4. The zero-order valence-corrected chi connectivity index (χ0v) is 17.1. The minimum Gasteiger partial charge on any atom is -0.448 e. The van der Waals surface area contributed by atoms with Gasteiger partial charge in [-0.15, -0.1) is 11.3 Å². The average Bonchev–Trinajstić information content (AvgIpc) is 2.98. The number of esters is 1. The van der Waals surface area contributed by atoms with Gasteiger partial charge in [0.05, 0.1) is 11.1 Å². The van der Waals surface area contributed by atoms with Crippen molar-refractivity contribution in [2.75, 3.05) is 5.32 Å². The highest BCUT2D eigenvalue weighted by atomic mass is 32.1. The normalized spacial score (nSPS) is 11.9. The van der Waals surface area contributed by atoms with E-state index in [2.05, 4.69) is 15.3 Å². The van der Waals surface area contributed by atoms with E-state index in [0.717, 1.165) is 11.3 Å². The second kappa shape index (κ2) is 7.96. The van der Waals surface area contributed by atoms with Crippen LogP contribution in [0, 0.1) is 13.8 Å². The van der Waals surface area contributed by atoms with Gasteiger partial charge in [-0.05, 0) is 45.4 Å². The number of Topliss-reactive ketones (excluding diaryl/α,β-unsaturated/α-hetero) is 1. The topological polar surface area (TPSA) is 118 Å². The number of ketones is 1. The number of thiophene rings is 1. The third-order valence-electron chi connectivity index (χ3n) is 4.32. The van der Waals surface area contributed by atoms with Crippen molar-refractivity contribution >= 4 is 44.9 Å². The van der Waals surface area contributed by atoms with Gasteiger partial charge in [-0.25, -0.2) is 9.78 Å². The standard InChI is InChI=1S/C20H19N3O5S/c1-9-15-18(26)21-12(4)22-19(15)29-16(9)20(27)28-11(3)17(25)23-14-8-6-5-7-13(14)10(2)24/h5-8,11H,1-4H3,(H,23,25)(H,21,22,26)/t11-/m0/s1. The molecule has 0 radical (unpaired) electrons. The van der Waals surface area contributed by atoms with Gasteiger partial charge in [-0.2, -0.15) is 0 Å². The Hall–Kier alpha value is -3.33. The Morgan fingerprint density at radius 3 is 2.59 bits per heavy atom. The van der Waals surface area contributed by atoms with Crippen molar-refractivity contribution < 1.29 is 19.1 Å². The smallest absolute Gasteiger partial charge is 0.349 e. The lowest BCUT2D eigenvalue weighted by atomic mass is 10.1. The molecule has 2 aromatic heterocycles. The molecule has 0 aliphatic rings. The molecule has 2 heterocycles. The molecule has 0 bridgehead atoms. The molecule has 2 N–H and O–H groups in total. The molecule has 0 aliphatic heterocycles. The lowest BCUT2D eigenvalue weighted by Crippen LogP contribution is -2.30. The van der Waals surface area contributed by atoms with Crippen molar-refractivity contribution in [2.24, 2.45) is 0 Å². The number of hydrogen-bond acceptors (Lipinski definition) is 7. The first-order valence-electron chi connectivity index (χ1n) is 8.81. The second-order valence-electron chi connectivity index (χ2n) is 6.53. The zero-order chi connectivity index (χ0) is 21.3. The number of H-pyrrole nitrogens is 1. The molecule has 0 saturated heterocycles. The number of carbonyl (C=O) groups is 3. The van der Waals surface area contributed by atoms with Crippen LogP contribution in [0.4, 0.5) is 5.69 Å². The maximum Gasteiger partial charge on any atom is 0.349 e. The lowest BCUT2D eigenvalue weighted by Gasteiger charge is -2.14. The molecule has 1 atom stereocenters. The fourth-order valence-corrected chi connectivity index (χ4v) is 3.96. The highest BCUT2D eigenvalue weighted by Crippen LogP contribution is 2.28. The minimum atomic E-state index is -1.11. The summed E-state index contributed by atoms with van der Waals surface area (Å²) < 4.78 is 5.29. The Bertz CT molecular complexity index is 1190. The Morgan fingerprint density at radius 1 is 1.21 bits per heavy atom. The van der Waals surface area contributed by atoms with Crippen molar-refractivity contribution in [3.8, 4) is 0 Å². The molecule has 1 amide bonds. The van der Waals surface area contributed by atoms with Crippen LogP contribution in [0.25, 0.3) is 10.2 Å². The predicted octanol–water partition coefficient (Wildman–Crippen LogP) is 2.99. The Kier molecular flexibility index (Phi) is 5.60. The quantitative estimate of drug-likeness (QED) is 0.490. The van der Waals surface area contributed by atoms with Crippen molar-refractivity contribution in [3.63, 3.8) is 0 Å². The number of aromatic nitrogens is 2. The molecule has 3 aromatic rings. The Labute approximate surface area is 169 Å². The van der Waals surface area contributed by atoms with Gasteiger partial charge in [0.1, 0.15) is 15.5 Å². The van der Waals surface area contributed by atoms with E-state index in [1.807, 2.05) is 0 Å². The summed E-state index contributed by atoms with van der Waals surface area (Å²) in [7, 11) is 0. The second-order valence-corrected chi connectivity index (χ2v) is 7.53. The van der Waals surface area contributed by atoms with Gasteiger partial charge in [-0.3, -0.25) is 14.4 Å². The van der Waals surface area contributed by atoms with Crippen molar-refractivity contribution in [2.45, 2.75) is 33.8 Å². The van der Waals surface area contributed by atoms with Gasteiger partial charge in [0, 0.05) is 5.56 Å². The summed E-state index contributed by atoms with van der Waals surface area (Å²) >= 11 is 1.04. The zero-order valence-electron chi connectivity index (χ0n) is 16.3. The summed E-state index contributed by atoms with van der Waals surface area (Å²) in [5.41, 5.74) is 0.836. The third-order valence-corrected chi connectivity index (χ3v) is 5.49. The van der Waals surface area contributed by atoms with E-state index in [0.29, 0.717) is 32.9 Å². The van der Waals surface area contributed by atoms with Gasteiger partial charge < -0.3 is 15.0 Å². The first-order valence-corrected chi connectivity index (χ1v) is 9.62. The number of ether oxygens (including phenoxy) is 1. The number of rotatable bonds is 5. The highest BCUT2D eigenvalue weighted by Gasteiger charge is 2.25. The number of hydrogen-bond donors (Lipinski definition) is 2. The van der Waals surface area contributed by atoms with Crippen LogP contribution in [0.15, 0.2) is 29.1 Å². The predicted molar refractivity (Wildman–Crippen MR) is 110 cm³/mol. The van der Waals surface area contributed by atoms with Gasteiger partial charge >= 0.3 is 5.97 Å². The fourth-order valence-electron chi connectivity index (χ4n) is 2.85. The number of benzene rings is 1. The summed E-state index contributed by atoms with van der Waals surface area (Å²) in [5, 5.41) is 2.94. The molecule has 3 rings (SSSR count). The SMILES string of the molecule is CC(=O)c1ccccc1NC(=O)[C@H](C)OC(=O)c1sc2nc(C)[nH]c(=O)c2c1C. The monoisotopic (exact) mass is 413 g/mol. The van der Waals surface area contributed by atoms with E-state index in [-0.39, 0.29) is 16.2 Å². The molecule has 150 valence electrons. The number of carbonyl (C=O) groups excluding carboxylic acids is 3. The van der Waals surface area contributed by atoms with E-state index in [4.69, 9.17) is 4.74 Å². The summed E-state index contributed by atoms with van der Waals surface area (Å²) in [6.07, 6.45) is -1.11. The van der Waals surface area contributed by atoms with Crippen LogP contribution in [-0.4, -0.2) is 33.7 Å². The number of nitrogens with zero attached hydrogens (tertiary/aromatic N) is 1. The lowest BCUT2D eigenvalue weighted by molar-refractivity contribution is -0.123. The number of fused-ring (bicyclic) bond motifs is 1. The molecular formula is C20H19N3O5S. The van der Waals surface area contributed by atoms with Gasteiger partial charge in [0.2, 0.25) is 0 Å². The van der Waals surface area contributed by atoms with Crippen LogP contribution in [0.2, 0.25) is 0 Å². The molecule has 29 heavy (non-hydrogen) atoms. The molecule has 0 fully saturated rings. The first-order chi connectivity index (χ1) is 13.7. The fraction of sp³-hybridized carbons (Fsp3) is 0.250. The van der Waals surface area contributed by atoms with Crippen molar-refractivity contribution in [1.82, 2.24) is 9.97 Å². The number of amides is 1. The molecule has 0 unspecified atom stereocenters. The van der Waals surface area contributed by atoms with Crippen molar-refractivity contribution in [3.05, 3.63) is 56.4 Å². The van der Waals surface area contributed by atoms with Crippen LogP contribution in [0.3, 0.4) is 0 Å². The first kappa shape index (κ1) is 20.4. The number of nitrogens with one attached hydrogen (secondary N) is 2. The highest BCUT2D eigenvalue weighted by molar-refractivity contribution is 7.20. The Morgan fingerprint density at radius 2 is 1.90 bits per heavy atom. The summed E-state index contributed by atoms with van der Waals surface area (Å²) in [5.74, 6) is -1.04. The largest absolute Gasteiger partial charge is 0.448 e. The van der Waals surface area contributed by atoms with E-state index in [1.165, 1.54) is 13.8 Å². The van der Waals surface area contributed by atoms with Crippen LogP contribution < -0.4 is 10.9 Å². The van der Waals surface area contributed by atoms with Crippen LogP contribution >= 0.6 is 11.3 Å². The number of aromatic amines is 1. The number of aryl methyl sites for hydroxylation is 2. The van der Waals surface area contributed by atoms with E-state index in [9.17, 15) is 19.2 Å². The van der Waals surface area contributed by atoms with Crippen LogP contribution in [-0.2, 0) is 9.53 Å². The summed E-state index contributed by atoms with van der Waals surface area (Å²) in [6.45, 7) is 6.12. The molecule has 0 aliphatic carbocycles. The van der Waals surface area contributed by atoms with Crippen LogP contribution in [0.5, 0.6) is 0 Å². The van der Waals surface area contributed by atoms with E-state index in [1.54, 1.807) is 38.1 Å². The van der Waals surface area contributed by atoms with Crippen molar-refractivity contribution in [1.29, 1.82) is 0 Å². The average molecular weight is 413 g/mol. The van der Waals surface area contributed by atoms with Gasteiger partial charge in [0.15, 0.2) is 11.9 Å². The third kappa shape index (κ3) is 4.09.